The highest BCUT2D eigenvalue weighted by atomic mass is 32.2. The standard InChI is InChI=1S/C12H12N2S/c1-9-7-13-12(14-8-9)10-3-5-11(15-2)6-4-10/h3-8H,1-2H3. The molecule has 0 N–H and O–H groups in total. The first kappa shape index (κ1) is 10.2. The molecule has 1 heterocycles. The van der Waals surface area contributed by atoms with E-state index in [0.717, 1.165) is 17.0 Å². The molecule has 0 aliphatic heterocycles. The third-order valence-corrected chi connectivity index (χ3v) is 2.87. The normalized spacial score (nSPS) is 10.3. The molecule has 0 amide bonds. The summed E-state index contributed by atoms with van der Waals surface area (Å²) in [6, 6.07) is 8.28. The number of hydrogen-bond donors (Lipinski definition) is 0. The SMILES string of the molecule is CSc1ccc(-c2ncc(C)cn2)cc1. The van der Waals surface area contributed by atoms with Crippen molar-refractivity contribution in [1.29, 1.82) is 0 Å². The Balaban J connectivity index is 2.33. The van der Waals surface area contributed by atoms with Crippen LogP contribution in [-0.4, -0.2) is 16.2 Å². The van der Waals surface area contributed by atoms with Gasteiger partial charge in [-0.1, -0.05) is 12.1 Å². The number of hydrogen-bond acceptors (Lipinski definition) is 3. The summed E-state index contributed by atoms with van der Waals surface area (Å²) in [5.41, 5.74) is 2.15. The van der Waals surface area contributed by atoms with Crippen molar-refractivity contribution in [2.24, 2.45) is 0 Å². The van der Waals surface area contributed by atoms with Crippen LogP contribution >= 0.6 is 11.8 Å². The molecule has 1 aromatic heterocycles. The molecular formula is C12H12N2S. The molecule has 0 unspecified atom stereocenters. The van der Waals surface area contributed by atoms with Crippen molar-refractivity contribution < 1.29 is 0 Å². The van der Waals surface area contributed by atoms with Gasteiger partial charge in [-0.3, -0.25) is 0 Å². The molecule has 15 heavy (non-hydrogen) atoms. The van der Waals surface area contributed by atoms with Crippen LogP contribution in [-0.2, 0) is 0 Å². The summed E-state index contributed by atoms with van der Waals surface area (Å²) in [5.74, 6) is 0.785. The minimum atomic E-state index is 0.785. The minimum Gasteiger partial charge on any atom is -0.236 e. The lowest BCUT2D eigenvalue weighted by Gasteiger charge is -2.01. The zero-order valence-corrected chi connectivity index (χ0v) is 9.58. The molecule has 0 atom stereocenters. The summed E-state index contributed by atoms with van der Waals surface area (Å²) in [7, 11) is 0. The predicted molar refractivity (Wildman–Crippen MR) is 64.0 cm³/mol. The van der Waals surface area contributed by atoms with Crippen LogP contribution in [0.3, 0.4) is 0 Å². The van der Waals surface area contributed by atoms with Crippen molar-refractivity contribution in [2.75, 3.05) is 6.26 Å². The maximum Gasteiger partial charge on any atom is 0.159 e. The molecule has 3 heteroatoms. The van der Waals surface area contributed by atoms with Crippen LogP contribution in [0.2, 0.25) is 0 Å². The van der Waals surface area contributed by atoms with Gasteiger partial charge in [0.15, 0.2) is 5.82 Å². The van der Waals surface area contributed by atoms with Gasteiger partial charge in [0.05, 0.1) is 0 Å². The first-order valence-electron chi connectivity index (χ1n) is 4.72. The van der Waals surface area contributed by atoms with Crippen molar-refractivity contribution in [3.63, 3.8) is 0 Å². The van der Waals surface area contributed by atoms with Gasteiger partial charge in [0.1, 0.15) is 0 Å². The second kappa shape index (κ2) is 4.45. The summed E-state index contributed by atoms with van der Waals surface area (Å²) >= 11 is 1.73. The molecule has 2 aromatic rings. The second-order valence-electron chi connectivity index (χ2n) is 3.31. The average molecular weight is 216 g/mol. The minimum absolute atomic E-state index is 0.785. The number of aryl methyl sites for hydroxylation is 1. The number of aromatic nitrogens is 2. The van der Waals surface area contributed by atoms with Crippen LogP contribution in [0.15, 0.2) is 41.6 Å². The van der Waals surface area contributed by atoms with Gasteiger partial charge in [0.25, 0.3) is 0 Å². The van der Waals surface area contributed by atoms with Gasteiger partial charge < -0.3 is 0 Å². The first-order valence-corrected chi connectivity index (χ1v) is 5.95. The Hall–Kier alpha value is -1.35. The monoisotopic (exact) mass is 216 g/mol. The third kappa shape index (κ3) is 2.36. The molecular weight excluding hydrogens is 204 g/mol. The van der Waals surface area contributed by atoms with E-state index < -0.39 is 0 Å². The smallest absolute Gasteiger partial charge is 0.159 e. The molecule has 0 radical (unpaired) electrons. The Labute approximate surface area is 93.8 Å². The van der Waals surface area contributed by atoms with Crippen LogP contribution in [0.1, 0.15) is 5.56 Å². The predicted octanol–water partition coefficient (Wildman–Crippen LogP) is 3.17. The highest BCUT2D eigenvalue weighted by molar-refractivity contribution is 7.98. The zero-order chi connectivity index (χ0) is 10.7. The average Bonchev–Trinajstić information content (AvgIpc) is 2.30. The molecule has 0 bridgehead atoms. The maximum atomic E-state index is 4.29. The third-order valence-electron chi connectivity index (χ3n) is 2.13. The molecule has 1 aromatic carbocycles. The lowest BCUT2D eigenvalue weighted by atomic mass is 10.2. The Morgan fingerprint density at radius 3 is 2.13 bits per heavy atom. The van der Waals surface area contributed by atoms with Gasteiger partial charge in [-0.2, -0.15) is 0 Å². The molecule has 0 spiro atoms. The van der Waals surface area contributed by atoms with Gasteiger partial charge in [-0.05, 0) is 30.9 Å². The van der Waals surface area contributed by atoms with E-state index in [1.165, 1.54) is 4.90 Å². The zero-order valence-electron chi connectivity index (χ0n) is 8.77. The van der Waals surface area contributed by atoms with Crippen molar-refractivity contribution in [1.82, 2.24) is 9.97 Å². The van der Waals surface area contributed by atoms with Crippen molar-refractivity contribution in [3.8, 4) is 11.4 Å². The van der Waals surface area contributed by atoms with Crippen LogP contribution in [0.25, 0.3) is 11.4 Å². The Bertz CT molecular complexity index is 434. The van der Waals surface area contributed by atoms with E-state index in [1.807, 2.05) is 19.3 Å². The molecule has 0 saturated heterocycles. The first-order chi connectivity index (χ1) is 7.29. The molecule has 0 fully saturated rings. The topological polar surface area (TPSA) is 25.8 Å². The van der Waals surface area contributed by atoms with E-state index in [1.54, 1.807) is 11.8 Å². The van der Waals surface area contributed by atoms with E-state index in [9.17, 15) is 0 Å². The number of nitrogens with zero attached hydrogens (tertiary/aromatic N) is 2. The van der Waals surface area contributed by atoms with E-state index in [4.69, 9.17) is 0 Å². The Morgan fingerprint density at radius 1 is 1.00 bits per heavy atom. The number of thioether (sulfide) groups is 1. The summed E-state index contributed by atoms with van der Waals surface area (Å²) in [5, 5.41) is 0. The van der Waals surface area contributed by atoms with Crippen LogP contribution < -0.4 is 0 Å². The number of rotatable bonds is 2. The number of benzene rings is 1. The quantitative estimate of drug-likeness (QED) is 0.721. The van der Waals surface area contributed by atoms with Gasteiger partial charge in [-0.25, -0.2) is 9.97 Å². The highest BCUT2D eigenvalue weighted by Gasteiger charge is 1.99. The van der Waals surface area contributed by atoms with E-state index in [0.29, 0.717) is 0 Å². The van der Waals surface area contributed by atoms with Crippen LogP contribution in [0.5, 0.6) is 0 Å². The van der Waals surface area contributed by atoms with Crippen molar-refractivity contribution in [2.45, 2.75) is 11.8 Å². The van der Waals surface area contributed by atoms with Crippen LogP contribution in [0.4, 0.5) is 0 Å². The molecule has 2 nitrogen and oxygen atoms in total. The fraction of sp³-hybridized carbons (Fsp3) is 0.167. The fourth-order valence-corrected chi connectivity index (χ4v) is 1.69. The largest absolute Gasteiger partial charge is 0.236 e. The second-order valence-corrected chi connectivity index (χ2v) is 4.19. The molecule has 0 saturated carbocycles. The van der Waals surface area contributed by atoms with Crippen molar-refractivity contribution >= 4 is 11.8 Å². The fourth-order valence-electron chi connectivity index (χ4n) is 1.28. The van der Waals surface area contributed by atoms with Gasteiger partial charge in [0.2, 0.25) is 0 Å². The van der Waals surface area contributed by atoms with Crippen molar-refractivity contribution in [3.05, 3.63) is 42.2 Å². The van der Waals surface area contributed by atoms with Gasteiger partial charge in [0, 0.05) is 22.9 Å². The molecule has 0 aliphatic rings. The lowest BCUT2D eigenvalue weighted by Crippen LogP contribution is -1.88. The van der Waals surface area contributed by atoms with E-state index >= 15 is 0 Å². The summed E-state index contributed by atoms with van der Waals surface area (Å²) in [6.45, 7) is 1.99. The molecule has 2 rings (SSSR count). The Kier molecular flexibility index (Phi) is 3.02. The van der Waals surface area contributed by atoms with E-state index in [2.05, 4.69) is 40.5 Å². The van der Waals surface area contributed by atoms with Gasteiger partial charge in [-0.15, -0.1) is 11.8 Å². The molecule has 0 aliphatic carbocycles. The lowest BCUT2D eigenvalue weighted by molar-refractivity contribution is 1.14. The Morgan fingerprint density at radius 2 is 1.60 bits per heavy atom. The summed E-state index contributed by atoms with van der Waals surface area (Å²) in [6.07, 6.45) is 5.74. The summed E-state index contributed by atoms with van der Waals surface area (Å²) in [4.78, 5) is 9.83. The summed E-state index contributed by atoms with van der Waals surface area (Å²) < 4.78 is 0. The maximum absolute atomic E-state index is 4.29. The van der Waals surface area contributed by atoms with Crippen LogP contribution in [0, 0.1) is 6.92 Å². The molecule has 76 valence electrons. The van der Waals surface area contributed by atoms with Gasteiger partial charge >= 0.3 is 0 Å². The van der Waals surface area contributed by atoms with E-state index in [-0.39, 0.29) is 0 Å². The highest BCUT2D eigenvalue weighted by Crippen LogP contribution is 2.19.